The molecular weight excluding hydrogens is 375 g/mol. The van der Waals surface area contributed by atoms with Crippen molar-refractivity contribution in [2.24, 2.45) is 0 Å². The number of aromatic nitrogens is 3. The number of likely N-dealkylation sites (N-methyl/N-ethyl adjacent to an activating group) is 1. The van der Waals surface area contributed by atoms with Gasteiger partial charge in [0.05, 0.1) is 10.6 Å². The smallest absolute Gasteiger partial charge is 0.213 e. The van der Waals surface area contributed by atoms with Crippen molar-refractivity contribution in [2.45, 2.75) is 27.8 Å². The molecule has 9 heteroatoms. The van der Waals surface area contributed by atoms with Gasteiger partial charge in [0.2, 0.25) is 9.84 Å². The summed E-state index contributed by atoms with van der Waals surface area (Å²) >= 11 is 1.26. The Hall–Kier alpha value is -1.97. The average Bonchev–Trinajstić information content (AvgIpc) is 3.01. The number of sulfone groups is 1. The van der Waals surface area contributed by atoms with Gasteiger partial charge in [0.25, 0.3) is 0 Å². The summed E-state index contributed by atoms with van der Waals surface area (Å²) in [5, 5.41) is 4.92. The number of hydrogen-bond donors (Lipinski definition) is 0. The van der Waals surface area contributed by atoms with Gasteiger partial charge < -0.3 is 4.90 Å². The highest BCUT2D eigenvalue weighted by atomic mass is 32.2. The highest BCUT2D eigenvalue weighted by Gasteiger charge is 2.30. The van der Waals surface area contributed by atoms with Crippen LogP contribution in [0.5, 0.6) is 0 Å². The molecule has 6 nitrogen and oxygen atoms in total. The normalized spacial score (nSPS) is 15.3. The molecule has 0 bridgehead atoms. The van der Waals surface area contributed by atoms with Crippen LogP contribution in [0.4, 0.5) is 4.39 Å². The molecule has 1 aliphatic rings. The summed E-state index contributed by atoms with van der Waals surface area (Å²) in [7, 11) is -1.83. The van der Waals surface area contributed by atoms with Crippen molar-refractivity contribution in [3.05, 3.63) is 47.5 Å². The minimum absolute atomic E-state index is 0.0309. The summed E-state index contributed by atoms with van der Waals surface area (Å²) in [6, 6.07) is 4.82. The fourth-order valence-electron chi connectivity index (χ4n) is 3.19. The van der Waals surface area contributed by atoms with Crippen molar-refractivity contribution >= 4 is 27.2 Å². The monoisotopic (exact) mass is 392 g/mol. The molecule has 0 radical (unpaired) electrons. The van der Waals surface area contributed by atoms with E-state index in [1.54, 1.807) is 17.0 Å². The standard InChI is InChI=1S/C17H17FN4O2S2/c1-21-8-7-14-11(10-21)9-19-16-15(17(25-2)20-22(14)16)26(23,24)13-5-3-12(18)4-6-13/h3-6,9H,7-8,10H2,1-2H3. The third kappa shape index (κ3) is 2.70. The zero-order valence-electron chi connectivity index (χ0n) is 14.3. The second-order valence-electron chi connectivity index (χ2n) is 6.25. The predicted octanol–water partition coefficient (Wildman–Crippen LogP) is 2.41. The molecule has 1 aliphatic heterocycles. The minimum atomic E-state index is -3.86. The number of thioether (sulfide) groups is 1. The second-order valence-corrected chi connectivity index (χ2v) is 8.93. The third-order valence-corrected chi connectivity index (χ3v) is 7.12. The summed E-state index contributed by atoms with van der Waals surface area (Å²) in [6.45, 7) is 1.63. The molecule has 0 amide bonds. The van der Waals surface area contributed by atoms with Crippen molar-refractivity contribution < 1.29 is 12.8 Å². The van der Waals surface area contributed by atoms with Gasteiger partial charge in [-0.15, -0.1) is 11.8 Å². The van der Waals surface area contributed by atoms with Crippen molar-refractivity contribution in [3.8, 4) is 0 Å². The van der Waals surface area contributed by atoms with E-state index in [1.165, 1.54) is 23.9 Å². The van der Waals surface area contributed by atoms with Crippen molar-refractivity contribution in [1.82, 2.24) is 19.5 Å². The Balaban J connectivity index is 1.96. The lowest BCUT2D eigenvalue weighted by atomic mass is 10.1. The molecule has 0 atom stereocenters. The Kier molecular flexibility index (Phi) is 4.25. The van der Waals surface area contributed by atoms with Crippen molar-refractivity contribution in [2.75, 3.05) is 19.8 Å². The van der Waals surface area contributed by atoms with E-state index < -0.39 is 15.7 Å². The van der Waals surface area contributed by atoms with Gasteiger partial charge in [-0.3, -0.25) is 0 Å². The molecule has 0 spiro atoms. The highest BCUT2D eigenvalue weighted by molar-refractivity contribution is 7.99. The van der Waals surface area contributed by atoms with Crippen LogP contribution in [0.1, 0.15) is 11.3 Å². The lowest BCUT2D eigenvalue weighted by Gasteiger charge is -2.24. The van der Waals surface area contributed by atoms with E-state index >= 15 is 0 Å². The Morgan fingerprint density at radius 2 is 1.96 bits per heavy atom. The van der Waals surface area contributed by atoms with E-state index in [4.69, 9.17) is 0 Å². The van der Waals surface area contributed by atoms with E-state index in [-0.39, 0.29) is 9.79 Å². The fourth-order valence-corrected chi connectivity index (χ4v) is 5.59. The lowest BCUT2D eigenvalue weighted by Crippen LogP contribution is -2.28. The maximum atomic E-state index is 13.2. The largest absolute Gasteiger partial charge is 0.302 e. The van der Waals surface area contributed by atoms with E-state index in [9.17, 15) is 12.8 Å². The van der Waals surface area contributed by atoms with Gasteiger partial charge in [-0.25, -0.2) is 22.3 Å². The van der Waals surface area contributed by atoms with E-state index in [0.717, 1.165) is 42.9 Å². The van der Waals surface area contributed by atoms with E-state index in [1.807, 2.05) is 7.05 Å². The maximum absolute atomic E-state index is 13.2. The molecular formula is C17H17FN4O2S2. The highest BCUT2D eigenvalue weighted by Crippen LogP contribution is 2.33. The zero-order valence-corrected chi connectivity index (χ0v) is 15.9. The average molecular weight is 392 g/mol. The quantitative estimate of drug-likeness (QED) is 0.504. The lowest BCUT2D eigenvalue weighted by molar-refractivity contribution is 0.307. The first kappa shape index (κ1) is 17.4. The van der Waals surface area contributed by atoms with Gasteiger partial charge in [-0.1, -0.05) is 0 Å². The molecule has 3 aromatic rings. The molecule has 0 saturated heterocycles. The summed E-state index contributed by atoms with van der Waals surface area (Å²) in [4.78, 5) is 6.71. The molecule has 0 saturated carbocycles. The number of nitrogens with zero attached hydrogens (tertiary/aromatic N) is 4. The first-order chi connectivity index (χ1) is 12.4. The van der Waals surface area contributed by atoms with Crippen LogP contribution in [-0.4, -0.2) is 47.8 Å². The van der Waals surface area contributed by atoms with Gasteiger partial charge in [-0.05, 0) is 37.6 Å². The van der Waals surface area contributed by atoms with Crippen LogP contribution in [0.3, 0.4) is 0 Å². The van der Waals surface area contributed by atoms with E-state index in [2.05, 4.69) is 15.0 Å². The zero-order chi connectivity index (χ0) is 18.5. The van der Waals surface area contributed by atoms with E-state index in [0.29, 0.717) is 10.7 Å². The first-order valence-corrected chi connectivity index (χ1v) is 10.8. The number of rotatable bonds is 3. The first-order valence-electron chi connectivity index (χ1n) is 8.04. The second kappa shape index (κ2) is 6.33. The fraction of sp³-hybridized carbons (Fsp3) is 0.294. The molecule has 0 aliphatic carbocycles. The molecule has 3 heterocycles. The Labute approximate surface area is 155 Å². The number of fused-ring (bicyclic) bond motifs is 3. The van der Waals surface area contributed by atoms with Crippen LogP contribution in [0.25, 0.3) is 5.65 Å². The van der Waals surface area contributed by atoms with Crippen LogP contribution in [0.2, 0.25) is 0 Å². The number of halogens is 1. The van der Waals surface area contributed by atoms with Crippen LogP contribution >= 0.6 is 11.8 Å². The van der Waals surface area contributed by atoms with Crippen molar-refractivity contribution in [3.63, 3.8) is 0 Å². The molecule has 136 valence electrons. The molecule has 4 rings (SSSR count). The summed E-state index contributed by atoms with van der Waals surface area (Å²) < 4.78 is 41.2. The molecule has 1 aromatic carbocycles. The molecule has 0 N–H and O–H groups in total. The minimum Gasteiger partial charge on any atom is -0.302 e. The van der Waals surface area contributed by atoms with Gasteiger partial charge in [0, 0.05) is 31.3 Å². The SMILES string of the molecule is CSc1nn2c3c(cnc2c1S(=O)(=O)c1ccc(F)cc1)CN(C)CC3. The van der Waals surface area contributed by atoms with Crippen LogP contribution in [-0.2, 0) is 22.8 Å². The van der Waals surface area contributed by atoms with Crippen molar-refractivity contribution in [1.29, 1.82) is 0 Å². The topological polar surface area (TPSA) is 67.6 Å². The maximum Gasteiger partial charge on any atom is 0.213 e. The van der Waals surface area contributed by atoms with Crippen LogP contribution in [0, 0.1) is 5.82 Å². The van der Waals surface area contributed by atoms with Crippen LogP contribution < -0.4 is 0 Å². The molecule has 26 heavy (non-hydrogen) atoms. The third-order valence-electron chi connectivity index (χ3n) is 4.51. The van der Waals surface area contributed by atoms with Gasteiger partial charge >= 0.3 is 0 Å². The molecule has 0 fully saturated rings. The Bertz CT molecular complexity index is 1090. The number of hydrogen-bond acceptors (Lipinski definition) is 6. The Morgan fingerprint density at radius 3 is 2.65 bits per heavy atom. The molecule has 2 aromatic heterocycles. The van der Waals surface area contributed by atoms with Gasteiger partial charge in [0.1, 0.15) is 10.8 Å². The summed E-state index contributed by atoms with van der Waals surface area (Å²) in [5.41, 5.74) is 2.36. The Morgan fingerprint density at radius 1 is 1.23 bits per heavy atom. The number of benzene rings is 1. The van der Waals surface area contributed by atoms with Gasteiger partial charge in [0.15, 0.2) is 10.5 Å². The summed E-state index contributed by atoms with van der Waals surface area (Å²) in [5.74, 6) is -0.481. The summed E-state index contributed by atoms with van der Waals surface area (Å²) in [6.07, 6.45) is 4.29. The van der Waals surface area contributed by atoms with Gasteiger partial charge in [-0.2, -0.15) is 5.10 Å². The predicted molar refractivity (Wildman–Crippen MR) is 96.7 cm³/mol. The molecule has 0 unspecified atom stereocenters. The van der Waals surface area contributed by atoms with Crippen LogP contribution in [0.15, 0.2) is 45.3 Å².